The molecule has 2 fully saturated rings. The van der Waals surface area contributed by atoms with Crippen LogP contribution in [0.3, 0.4) is 0 Å². The van der Waals surface area contributed by atoms with Crippen LogP contribution in [0.1, 0.15) is 6.42 Å². The number of nitrogens with one attached hydrogen (secondary N) is 1. The van der Waals surface area contributed by atoms with E-state index >= 15 is 0 Å². The third-order valence-corrected chi connectivity index (χ3v) is 7.03. The van der Waals surface area contributed by atoms with Crippen LogP contribution in [0.2, 0.25) is 0 Å². The van der Waals surface area contributed by atoms with Crippen molar-refractivity contribution < 1.29 is 22.7 Å². The van der Waals surface area contributed by atoms with Crippen LogP contribution >= 0.6 is 15.9 Å². The second kappa shape index (κ2) is 8.68. The van der Waals surface area contributed by atoms with Crippen molar-refractivity contribution >= 4 is 43.5 Å². The lowest BCUT2D eigenvalue weighted by Gasteiger charge is -2.26. The Labute approximate surface area is 167 Å². The van der Waals surface area contributed by atoms with Gasteiger partial charge in [0.2, 0.25) is 21.8 Å². The monoisotopic (exact) mass is 459 g/mol. The second-order valence-corrected chi connectivity index (χ2v) is 9.43. The number of sulfonamides is 1. The van der Waals surface area contributed by atoms with E-state index in [1.165, 1.54) is 4.31 Å². The normalized spacial score (nSPS) is 21.4. The maximum Gasteiger partial charge on any atom is 0.239 e. The topological polar surface area (TPSA) is 96.0 Å². The summed E-state index contributed by atoms with van der Waals surface area (Å²) in [6.45, 7) is 1.87. The highest BCUT2D eigenvalue weighted by atomic mass is 79.9. The van der Waals surface area contributed by atoms with E-state index in [0.29, 0.717) is 39.3 Å². The minimum Gasteiger partial charge on any atom is -0.379 e. The van der Waals surface area contributed by atoms with Gasteiger partial charge in [0, 0.05) is 36.3 Å². The van der Waals surface area contributed by atoms with Crippen molar-refractivity contribution in [2.45, 2.75) is 6.42 Å². The molecule has 0 aliphatic carbocycles. The number of amides is 2. The molecule has 1 unspecified atom stereocenters. The van der Waals surface area contributed by atoms with Crippen molar-refractivity contribution in [1.29, 1.82) is 0 Å². The molecule has 0 bridgehead atoms. The third kappa shape index (κ3) is 4.87. The minimum atomic E-state index is -3.44. The van der Waals surface area contributed by atoms with Gasteiger partial charge >= 0.3 is 0 Å². The predicted molar refractivity (Wildman–Crippen MR) is 104 cm³/mol. The molecule has 1 N–H and O–H groups in total. The zero-order valence-electron chi connectivity index (χ0n) is 14.8. The van der Waals surface area contributed by atoms with Crippen LogP contribution < -0.4 is 10.2 Å². The number of rotatable bonds is 6. The van der Waals surface area contributed by atoms with E-state index in [0.717, 1.165) is 10.2 Å². The highest BCUT2D eigenvalue weighted by Crippen LogP contribution is 2.27. The summed E-state index contributed by atoms with van der Waals surface area (Å²) < 4.78 is 31.9. The van der Waals surface area contributed by atoms with Crippen molar-refractivity contribution in [3.63, 3.8) is 0 Å². The fourth-order valence-corrected chi connectivity index (χ4v) is 4.91. The standard InChI is InChI=1S/C17H22BrN3O5S/c18-13-2-1-3-14(12-13)21-6-4-15(17(21)23)16(22)19-5-11-27(24,25)20-7-9-26-10-8-20/h1-3,12,15H,4-11H2,(H,19,22). The first kappa shape index (κ1) is 20.2. The molecule has 2 saturated heterocycles. The number of halogens is 1. The molecule has 2 heterocycles. The Kier molecular flexibility index (Phi) is 6.51. The summed E-state index contributed by atoms with van der Waals surface area (Å²) in [5.74, 6) is -1.65. The molecule has 0 spiro atoms. The number of benzene rings is 1. The first-order valence-corrected chi connectivity index (χ1v) is 11.2. The van der Waals surface area contributed by atoms with Crippen molar-refractivity contribution in [2.75, 3.05) is 50.0 Å². The number of anilines is 1. The van der Waals surface area contributed by atoms with Gasteiger partial charge < -0.3 is 15.0 Å². The van der Waals surface area contributed by atoms with Gasteiger partial charge in [0.05, 0.1) is 19.0 Å². The molecule has 3 rings (SSSR count). The maximum absolute atomic E-state index is 12.6. The average Bonchev–Trinajstić information content (AvgIpc) is 3.04. The third-order valence-electron chi connectivity index (χ3n) is 4.66. The number of hydrogen-bond donors (Lipinski definition) is 1. The Hall–Kier alpha value is -1.49. The Bertz CT molecular complexity index is 811. The summed E-state index contributed by atoms with van der Waals surface area (Å²) in [4.78, 5) is 26.5. The number of ether oxygens (including phenoxy) is 1. The molecule has 2 amide bonds. The Morgan fingerprint density at radius 1 is 1.26 bits per heavy atom. The highest BCUT2D eigenvalue weighted by molar-refractivity contribution is 9.10. The van der Waals surface area contributed by atoms with E-state index in [4.69, 9.17) is 4.74 Å². The molecule has 0 saturated carbocycles. The molecule has 2 aliphatic heterocycles. The fourth-order valence-electron chi connectivity index (χ4n) is 3.20. The van der Waals surface area contributed by atoms with E-state index in [9.17, 15) is 18.0 Å². The van der Waals surface area contributed by atoms with E-state index in [1.54, 1.807) is 4.90 Å². The first-order chi connectivity index (χ1) is 12.9. The van der Waals surface area contributed by atoms with E-state index in [2.05, 4.69) is 21.2 Å². The molecule has 148 valence electrons. The maximum atomic E-state index is 12.6. The zero-order valence-corrected chi connectivity index (χ0v) is 17.2. The van der Waals surface area contributed by atoms with Crippen molar-refractivity contribution in [3.05, 3.63) is 28.7 Å². The van der Waals surface area contributed by atoms with Crippen LogP contribution in [0.25, 0.3) is 0 Å². The van der Waals surface area contributed by atoms with Gasteiger partial charge in [-0.15, -0.1) is 0 Å². The van der Waals surface area contributed by atoms with Crippen LogP contribution in [0, 0.1) is 5.92 Å². The lowest BCUT2D eigenvalue weighted by molar-refractivity contribution is -0.132. The molecule has 8 nitrogen and oxygen atoms in total. The van der Waals surface area contributed by atoms with Crippen LogP contribution in [0.4, 0.5) is 5.69 Å². The van der Waals surface area contributed by atoms with Gasteiger partial charge in [-0.3, -0.25) is 9.59 Å². The predicted octanol–water partition coefficient (Wildman–Crippen LogP) is 0.580. The number of carbonyl (C=O) groups excluding carboxylic acids is 2. The van der Waals surface area contributed by atoms with Crippen molar-refractivity contribution in [2.24, 2.45) is 5.92 Å². The molecule has 0 aromatic heterocycles. The van der Waals surface area contributed by atoms with Gasteiger partial charge in [0.1, 0.15) is 5.92 Å². The molecule has 1 aromatic carbocycles. The number of morpholine rings is 1. The van der Waals surface area contributed by atoms with Gasteiger partial charge in [-0.2, -0.15) is 4.31 Å². The summed E-state index contributed by atoms with van der Waals surface area (Å²) >= 11 is 3.37. The molecule has 27 heavy (non-hydrogen) atoms. The fraction of sp³-hybridized carbons (Fsp3) is 0.529. The number of nitrogens with zero attached hydrogens (tertiary/aromatic N) is 2. The largest absolute Gasteiger partial charge is 0.379 e. The molecular formula is C17H22BrN3O5S. The Balaban J connectivity index is 1.52. The number of carbonyl (C=O) groups is 2. The van der Waals surface area contributed by atoms with Gasteiger partial charge in [0.15, 0.2) is 0 Å². The zero-order chi connectivity index (χ0) is 19.4. The Morgan fingerprint density at radius 3 is 2.70 bits per heavy atom. The lowest BCUT2D eigenvalue weighted by Crippen LogP contribution is -2.44. The average molecular weight is 460 g/mol. The van der Waals surface area contributed by atoms with Gasteiger partial charge in [0.25, 0.3) is 0 Å². The van der Waals surface area contributed by atoms with Crippen LogP contribution in [-0.4, -0.2) is 69.7 Å². The van der Waals surface area contributed by atoms with Gasteiger partial charge in [-0.1, -0.05) is 22.0 Å². The van der Waals surface area contributed by atoms with E-state index in [1.807, 2.05) is 24.3 Å². The molecule has 0 radical (unpaired) electrons. The quantitative estimate of drug-likeness (QED) is 0.627. The minimum absolute atomic E-state index is 0.0147. The summed E-state index contributed by atoms with van der Waals surface area (Å²) in [7, 11) is -3.44. The van der Waals surface area contributed by atoms with E-state index < -0.39 is 21.8 Å². The smallest absolute Gasteiger partial charge is 0.239 e. The van der Waals surface area contributed by atoms with Gasteiger partial charge in [-0.25, -0.2) is 8.42 Å². The summed E-state index contributed by atoms with van der Waals surface area (Å²) in [6, 6.07) is 7.34. The Morgan fingerprint density at radius 2 is 2.00 bits per heavy atom. The highest BCUT2D eigenvalue weighted by Gasteiger charge is 2.37. The molecule has 2 aliphatic rings. The van der Waals surface area contributed by atoms with Crippen LogP contribution in [0.5, 0.6) is 0 Å². The summed E-state index contributed by atoms with van der Waals surface area (Å²) in [6.07, 6.45) is 0.410. The lowest BCUT2D eigenvalue weighted by atomic mass is 10.1. The molecule has 10 heteroatoms. The van der Waals surface area contributed by atoms with Gasteiger partial charge in [-0.05, 0) is 24.6 Å². The van der Waals surface area contributed by atoms with Crippen molar-refractivity contribution in [1.82, 2.24) is 9.62 Å². The number of hydrogen-bond acceptors (Lipinski definition) is 5. The second-order valence-electron chi connectivity index (χ2n) is 6.43. The van der Waals surface area contributed by atoms with Crippen molar-refractivity contribution in [3.8, 4) is 0 Å². The van der Waals surface area contributed by atoms with Crippen LogP contribution in [0.15, 0.2) is 28.7 Å². The summed E-state index contributed by atoms with van der Waals surface area (Å²) in [5.41, 5.74) is 0.736. The SMILES string of the molecule is O=C(NCCS(=O)(=O)N1CCOCC1)C1CCN(c2cccc(Br)c2)C1=O. The molecule has 1 aromatic rings. The van der Waals surface area contributed by atoms with Crippen LogP contribution in [-0.2, 0) is 24.3 Å². The molecular weight excluding hydrogens is 438 g/mol. The molecule has 1 atom stereocenters. The first-order valence-electron chi connectivity index (χ1n) is 8.79. The van der Waals surface area contributed by atoms with E-state index in [-0.39, 0.29) is 18.2 Å². The summed E-state index contributed by atoms with van der Waals surface area (Å²) in [5, 5.41) is 2.60.